The summed E-state index contributed by atoms with van der Waals surface area (Å²) in [5.74, 6) is -0.423. The van der Waals surface area contributed by atoms with E-state index < -0.39 is 10.0 Å². The van der Waals surface area contributed by atoms with Gasteiger partial charge < -0.3 is 4.57 Å². The van der Waals surface area contributed by atoms with E-state index in [-0.39, 0.29) is 11.7 Å². The summed E-state index contributed by atoms with van der Waals surface area (Å²) < 4.78 is 25.7. The van der Waals surface area contributed by atoms with Gasteiger partial charge in [0.1, 0.15) is 0 Å². The summed E-state index contributed by atoms with van der Waals surface area (Å²) in [6, 6.07) is 13.9. The van der Waals surface area contributed by atoms with Gasteiger partial charge in [-0.15, -0.1) is 0 Å². The second kappa shape index (κ2) is 8.57. The van der Waals surface area contributed by atoms with Crippen LogP contribution < -0.4 is 5.14 Å². The summed E-state index contributed by atoms with van der Waals surface area (Å²) in [7, 11) is -1.67. The van der Waals surface area contributed by atoms with Crippen molar-refractivity contribution in [2.45, 2.75) is 26.2 Å². The Labute approximate surface area is 177 Å². The smallest absolute Gasteiger partial charge is 0.209 e. The van der Waals surface area contributed by atoms with Crippen molar-refractivity contribution in [1.29, 1.82) is 0 Å². The standard InChI is InChI=1S/C22H25N3O2S2/c1-15-6-8-17(9-7-15)22(28)21-16(2)11-20(25(21)3)12-19(14-29(23,26)27)18-5-4-10-24-13-18/h4-11,13,19H,12,14H2,1-3H3,(H2,23,26,27). The molecule has 0 radical (unpaired) electrons. The van der Waals surface area contributed by atoms with Gasteiger partial charge in [-0.05, 0) is 49.1 Å². The van der Waals surface area contributed by atoms with Gasteiger partial charge >= 0.3 is 0 Å². The Balaban J connectivity index is 1.95. The van der Waals surface area contributed by atoms with Crippen molar-refractivity contribution in [3.63, 3.8) is 0 Å². The van der Waals surface area contributed by atoms with Gasteiger partial charge in [-0.3, -0.25) is 4.98 Å². The third-order valence-corrected chi connectivity index (χ3v) is 6.39. The Hall–Kier alpha value is -2.35. The van der Waals surface area contributed by atoms with E-state index in [1.807, 2.05) is 51.2 Å². The molecule has 7 heteroatoms. The van der Waals surface area contributed by atoms with E-state index in [1.165, 1.54) is 5.56 Å². The molecule has 0 fully saturated rings. The van der Waals surface area contributed by atoms with Crippen molar-refractivity contribution < 1.29 is 8.42 Å². The number of sulfonamides is 1. The first-order valence-electron chi connectivity index (χ1n) is 9.32. The molecule has 2 heterocycles. The third-order valence-electron chi connectivity index (χ3n) is 5.10. The number of aromatic nitrogens is 2. The number of thiocarbonyl (C=S) groups is 1. The number of pyridine rings is 1. The minimum Gasteiger partial charge on any atom is -0.347 e. The minimum atomic E-state index is -3.63. The van der Waals surface area contributed by atoms with E-state index in [9.17, 15) is 8.42 Å². The lowest BCUT2D eigenvalue weighted by molar-refractivity contribution is 0.586. The van der Waals surface area contributed by atoms with Crippen LogP contribution in [0.3, 0.4) is 0 Å². The number of benzene rings is 1. The number of aryl methyl sites for hydroxylation is 2. The van der Waals surface area contributed by atoms with Crippen LogP contribution in [-0.4, -0.2) is 28.6 Å². The Kier molecular flexibility index (Phi) is 6.31. The molecule has 3 rings (SSSR count). The molecule has 29 heavy (non-hydrogen) atoms. The predicted molar refractivity (Wildman–Crippen MR) is 121 cm³/mol. The number of nitrogens with two attached hydrogens (primary N) is 1. The molecular formula is C22H25N3O2S2. The van der Waals surface area contributed by atoms with Gasteiger partial charge in [0.2, 0.25) is 10.0 Å². The molecule has 152 valence electrons. The quantitative estimate of drug-likeness (QED) is 0.463. The van der Waals surface area contributed by atoms with Crippen LogP contribution in [0.4, 0.5) is 0 Å². The highest BCUT2D eigenvalue weighted by Gasteiger charge is 2.22. The maximum atomic E-state index is 11.8. The average Bonchev–Trinajstić information content (AvgIpc) is 2.94. The van der Waals surface area contributed by atoms with Gasteiger partial charge in [0, 0.05) is 31.1 Å². The van der Waals surface area contributed by atoms with Crippen molar-refractivity contribution in [1.82, 2.24) is 9.55 Å². The molecular weight excluding hydrogens is 402 g/mol. The van der Waals surface area contributed by atoms with Crippen molar-refractivity contribution in [3.05, 3.63) is 88.5 Å². The van der Waals surface area contributed by atoms with Crippen LogP contribution in [-0.2, 0) is 23.5 Å². The van der Waals surface area contributed by atoms with Crippen LogP contribution in [0.5, 0.6) is 0 Å². The molecule has 1 atom stereocenters. The molecule has 2 N–H and O–H groups in total. The Morgan fingerprint density at radius 3 is 2.48 bits per heavy atom. The lowest BCUT2D eigenvalue weighted by Crippen LogP contribution is -2.24. The van der Waals surface area contributed by atoms with Gasteiger partial charge in [-0.2, -0.15) is 0 Å². The van der Waals surface area contributed by atoms with Gasteiger partial charge in [-0.25, -0.2) is 13.6 Å². The van der Waals surface area contributed by atoms with Gasteiger partial charge in [0.05, 0.1) is 16.3 Å². The second-order valence-corrected chi connectivity index (χ2v) is 9.51. The van der Waals surface area contributed by atoms with Crippen molar-refractivity contribution >= 4 is 27.1 Å². The molecule has 2 aromatic heterocycles. The summed E-state index contributed by atoms with van der Waals surface area (Å²) in [4.78, 5) is 4.91. The molecule has 0 saturated heterocycles. The fourth-order valence-electron chi connectivity index (χ4n) is 3.62. The lowest BCUT2D eigenvalue weighted by Gasteiger charge is -2.17. The summed E-state index contributed by atoms with van der Waals surface area (Å²) >= 11 is 5.77. The molecule has 0 saturated carbocycles. The molecule has 1 unspecified atom stereocenters. The molecule has 0 amide bonds. The van der Waals surface area contributed by atoms with Gasteiger partial charge in [-0.1, -0.05) is 48.1 Å². The fraction of sp³-hybridized carbons (Fsp3) is 0.273. The zero-order valence-electron chi connectivity index (χ0n) is 16.8. The summed E-state index contributed by atoms with van der Waals surface area (Å²) in [5.41, 5.74) is 6.07. The Morgan fingerprint density at radius 1 is 1.21 bits per heavy atom. The highest BCUT2D eigenvalue weighted by molar-refractivity contribution is 7.89. The van der Waals surface area contributed by atoms with Crippen molar-refractivity contribution in [3.8, 4) is 0 Å². The van der Waals surface area contributed by atoms with Crippen LogP contribution in [0.15, 0.2) is 54.9 Å². The first-order chi connectivity index (χ1) is 13.7. The average molecular weight is 428 g/mol. The van der Waals surface area contributed by atoms with E-state index in [0.29, 0.717) is 6.42 Å². The first kappa shape index (κ1) is 21.4. The second-order valence-electron chi connectivity index (χ2n) is 7.44. The lowest BCUT2D eigenvalue weighted by atomic mass is 9.97. The Morgan fingerprint density at radius 2 is 1.90 bits per heavy atom. The summed E-state index contributed by atoms with van der Waals surface area (Å²) in [5, 5.41) is 5.36. The third kappa shape index (κ3) is 5.18. The van der Waals surface area contributed by atoms with Gasteiger partial charge in [0.25, 0.3) is 0 Å². The topological polar surface area (TPSA) is 78.0 Å². The highest BCUT2D eigenvalue weighted by Crippen LogP contribution is 2.26. The molecule has 5 nitrogen and oxygen atoms in total. The number of rotatable bonds is 7. The zero-order valence-corrected chi connectivity index (χ0v) is 18.4. The van der Waals surface area contributed by atoms with Crippen LogP contribution in [0.25, 0.3) is 0 Å². The monoisotopic (exact) mass is 427 g/mol. The SMILES string of the molecule is Cc1ccc(C(=S)c2c(C)cc(CC(CS(N)(=O)=O)c3cccnc3)n2C)cc1. The van der Waals surface area contributed by atoms with Crippen LogP contribution >= 0.6 is 12.2 Å². The van der Waals surface area contributed by atoms with Crippen LogP contribution in [0, 0.1) is 13.8 Å². The zero-order chi connectivity index (χ0) is 21.2. The molecule has 0 aliphatic rings. The maximum absolute atomic E-state index is 11.8. The van der Waals surface area contributed by atoms with Crippen LogP contribution in [0.1, 0.15) is 39.6 Å². The molecule has 0 aliphatic carbocycles. The number of hydrogen-bond acceptors (Lipinski definition) is 4. The number of nitrogens with zero attached hydrogens (tertiary/aromatic N) is 2. The largest absolute Gasteiger partial charge is 0.347 e. The number of hydrogen-bond donors (Lipinski definition) is 1. The van der Waals surface area contributed by atoms with E-state index in [4.69, 9.17) is 17.4 Å². The number of primary sulfonamides is 1. The summed E-state index contributed by atoms with van der Waals surface area (Å²) in [6.45, 7) is 4.07. The van der Waals surface area contributed by atoms with E-state index in [2.05, 4.69) is 15.6 Å². The fourth-order valence-corrected chi connectivity index (χ4v) is 4.92. The molecule has 0 aliphatic heterocycles. The first-order valence-corrected chi connectivity index (χ1v) is 11.4. The van der Waals surface area contributed by atoms with E-state index in [1.54, 1.807) is 18.5 Å². The van der Waals surface area contributed by atoms with Crippen LogP contribution in [0.2, 0.25) is 0 Å². The summed E-state index contributed by atoms with van der Waals surface area (Å²) in [6.07, 6.45) is 3.89. The normalized spacial score (nSPS) is 12.7. The predicted octanol–water partition coefficient (Wildman–Crippen LogP) is 3.42. The molecule has 1 aromatic carbocycles. The molecule has 3 aromatic rings. The van der Waals surface area contributed by atoms with E-state index >= 15 is 0 Å². The van der Waals surface area contributed by atoms with Gasteiger partial charge in [0.15, 0.2) is 0 Å². The maximum Gasteiger partial charge on any atom is 0.209 e. The van der Waals surface area contributed by atoms with Crippen molar-refractivity contribution in [2.24, 2.45) is 12.2 Å². The van der Waals surface area contributed by atoms with Crippen molar-refractivity contribution in [2.75, 3.05) is 5.75 Å². The minimum absolute atomic E-state index is 0.138. The Bertz CT molecular complexity index is 1120. The molecule has 0 spiro atoms. The highest BCUT2D eigenvalue weighted by atomic mass is 32.2. The van der Waals surface area contributed by atoms with E-state index in [0.717, 1.165) is 32.9 Å². The molecule has 0 bridgehead atoms.